The average Bonchev–Trinajstić information content (AvgIpc) is 3.60. The second-order valence-electron chi connectivity index (χ2n) is 9.18. The number of benzene rings is 2. The molecule has 0 aromatic heterocycles. The average molecular weight is 451 g/mol. The molecule has 174 valence electrons. The van der Waals surface area contributed by atoms with E-state index in [9.17, 15) is 19.5 Å². The molecule has 1 unspecified atom stereocenters. The monoisotopic (exact) mass is 450 g/mol. The fourth-order valence-corrected chi connectivity index (χ4v) is 4.83. The van der Waals surface area contributed by atoms with Crippen LogP contribution in [0.2, 0.25) is 0 Å². The first kappa shape index (κ1) is 22.8. The first-order valence-electron chi connectivity index (χ1n) is 11.5. The predicted octanol–water partition coefficient (Wildman–Crippen LogP) is 4.06. The predicted molar refractivity (Wildman–Crippen MR) is 124 cm³/mol. The zero-order valence-electron chi connectivity index (χ0n) is 19.0. The lowest BCUT2D eigenvalue weighted by atomic mass is 9.91. The van der Waals surface area contributed by atoms with E-state index in [-0.39, 0.29) is 30.8 Å². The molecule has 0 bridgehead atoms. The summed E-state index contributed by atoms with van der Waals surface area (Å²) >= 11 is 0. The van der Waals surface area contributed by atoms with Crippen molar-refractivity contribution in [1.82, 2.24) is 10.6 Å². The van der Waals surface area contributed by atoms with Crippen LogP contribution in [0.15, 0.2) is 48.5 Å². The maximum absolute atomic E-state index is 12.9. The summed E-state index contributed by atoms with van der Waals surface area (Å²) in [5.41, 5.74) is 3.70. The number of carbonyl (C=O) groups is 3. The Kier molecular flexibility index (Phi) is 6.40. The van der Waals surface area contributed by atoms with Crippen molar-refractivity contribution in [2.75, 3.05) is 6.61 Å². The van der Waals surface area contributed by atoms with Gasteiger partial charge in [-0.1, -0.05) is 55.5 Å². The third-order valence-corrected chi connectivity index (χ3v) is 6.77. The van der Waals surface area contributed by atoms with Gasteiger partial charge in [0.1, 0.15) is 12.6 Å². The summed E-state index contributed by atoms with van der Waals surface area (Å²) in [5.74, 6) is -1.26. The first-order valence-corrected chi connectivity index (χ1v) is 11.5. The molecule has 2 aliphatic carbocycles. The second kappa shape index (κ2) is 9.25. The summed E-state index contributed by atoms with van der Waals surface area (Å²) in [6, 6.07) is 15.4. The zero-order valence-corrected chi connectivity index (χ0v) is 19.0. The van der Waals surface area contributed by atoms with Crippen molar-refractivity contribution >= 4 is 18.0 Å². The minimum Gasteiger partial charge on any atom is -0.481 e. The number of carbonyl (C=O) groups excluding carboxylic acids is 2. The largest absolute Gasteiger partial charge is 0.481 e. The minimum absolute atomic E-state index is 0.0641. The maximum Gasteiger partial charge on any atom is 0.407 e. The van der Waals surface area contributed by atoms with E-state index in [1.54, 1.807) is 13.8 Å². The number of aliphatic carboxylic acids is 1. The van der Waals surface area contributed by atoms with Crippen LogP contribution in [0.1, 0.15) is 56.6 Å². The smallest absolute Gasteiger partial charge is 0.407 e. The second-order valence-corrected chi connectivity index (χ2v) is 9.18. The van der Waals surface area contributed by atoms with Gasteiger partial charge < -0.3 is 20.5 Å². The fourth-order valence-electron chi connectivity index (χ4n) is 4.83. The van der Waals surface area contributed by atoms with Crippen LogP contribution in [0.4, 0.5) is 4.79 Å². The van der Waals surface area contributed by atoms with Gasteiger partial charge >= 0.3 is 12.1 Å². The van der Waals surface area contributed by atoms with Gasteiger partial charge in [0.2, 0.25) is 5.91 Å². The quantitative estimate of drug-likeness (QED) is 0.534. The van der Waals surface area contributed by atoms with Gasteiger partial charge in [0.05, 0.1) is 12.0 Å². The Labute approximate surface area is 193 Å². The van der Waals surface area contributed by atoms with Gasteiger partial charge in [0, 0.05) is 5.92 Å². The minimum atomic E-state index is -0.956. The first-order chi connectivity index (χ1) is 15.8. The summed E-state index contributed by atoms with van der Waals surface area (Å²) < 4.78 is 5.55. The molecule has 0 spiro atoms. The third-order valence-electron chi connectivity index (χ3n) is 6.77. The Morgan fingerprint density at radius 1 is 1.06 bits per heavy atom. The summed E-state index contributed by atoms with van der Waals surface area (Å²) in [6.07, 6.45) is 1.33. The van der Waals surface area contributed by atoms with Gasteiger partial charge in [-0.05, 0) is 54.4 Å². The van der Waals surface area contributed by atoms with Crippen LogP contribution in [-0.4, -0.2) is 41.3 Å². The van der Waals surface area contributed by atoms with Crippen molar-refractivity contribution in [2.45, 2.75) is 57.0 Å². The molecule has 0 saturated heterocycles. The highest BCUT2D eigenvalue weighted by Crippen LogP contribution is 2.44. The molecule has 2 aliphatic rings. The Balaban J connectivity index is 1.38. The van der Waals surface area contributed by atoms with Crippen molar-refractivity contribution < 1.29 is 24.2 Å². The van der Waals surface area contributed by atoms with Crippen LogP contribution >= 0.6 is 0 Å². The molecule has 2 aromatic rings. The molecule has 0 radical (unpaired) electrons. The van der Waals surface area contributed by atoms with E-state index in [0.29, 0.717) is 6.42 Å². The van der Waals surface area contributed by atoms with E-state index in [0.717, 1.165) is 35.1 Å². The van der Waals surface area contributed by atoms with E-state index < -0.39 is 23.6 Å². The molecule has 0 aliphatic heterocycles. The Morgan fingerprint density at radius 3 is 2.15 bits per heavy atom. The van der Waals surface area contributed by atoms with Gasteiger partial charge in [-0.3, -0.25) is 9.59 Å². The molecular weight excluding hydrogens is 420 g/mol. The van der Waals surface area contributed by atoms with E-state index in [4.69, 9.17) is 4.74 Å². The number of alkyl carbamates (subject to hydrolysis) is 1. The fraction of sp³-hybridized carbons (Fsp3) is 0.423. The lowest BCUT2D eigenvalue weighted by molar-refractivity contribution is -0.139. The number of rotatable bonds is 9. The summed E-state index contributed by atoms with van der Waals surface area (Å²) in [4.78, 5) is 36.7. The van der Waals surface area contributed by atoms with Crippen LogP contribution in [0.25, 0.3) is 11.1 Å². The highest BCUT2D eigenvalue weighted by Gasteiger charge is 2.44. The van der Waals surface area contributed by atoms with Gasteiger partial charge in [0.15, 0.2) is 0 Å². The summed E-state index contributed by atoms with van der Waals surface area (Å²) in [6.45, 7) is 3.72. The molecule has 7 nitrogen and oxygen atoms in total. The Hall–Kier alpha value is -3.35. The number of hydrogen-bond acceptors (Lipinski definition) is 4. The van der Waals surface area contributed by atoms with Crippen molar-refractivity contribution in [3.05, 3.63) is 59.7 Å². The Morgan fingerprint density at radius 2 is 1.64 bits per heavy atom. The number of carboxylic acid groups (broad SMARTS) is 1. The molecular formula is C26H30N2O5. The van der Waals surface area contributed by atoms with E-state index in [1.165, 1.54) is 0 Å². The van der Waals surface area contributed by atoms with Gasteiger partial charge in [0.25, 0.3) is 0 Å². The zero-order chi connectivity index (χ0) is 23.6. The van der Waals surface area contributed by atoms with Gasteiger partial charge in [-0.2, -0.15) is 0 Å². The number of ether oxygens (including phenoxy) is 1. The molecule has 4 rings (SSSR count). The summed E-state index contributed by atoms with van der Waals surface area (Å²) in [5, 5.41) is 14.8. The van der Waals surface area contributed by atoms with Crippen LogP contribution in [0, 0.1) is 5.92 Å². The van der Waals surface area contributed by atoms with Crippen molar-refractivity contribution in [1.29, 1.82) is 0 Å². The van der Waals surface area contributed by atoms with E-state index in [1.807, 2.05) is 36.4 Å². The highest BCUT2D eigenvalue weighted by atomic mass is 16.5. The molecule has 0 heterocycles. The molecule has 7 heteroatoms. The number of carboxylic acids is 1. The van der Waals surface area contributed by atoms with E-state index in [2.05, 4.69) is 22.8 Å². The van der Waals surface area contributed by atoms with Crippen molar-refractivity contribution in [3.8, 4) is 11.1 Å². The normalized spacial score (nSPS) is 17.3. The third kappa shape index (κ3) is 4.87. The number of nitrogens with one attached hydrogen (secondary N) is 2. The summed E-state index contributed by atoms with van der Waals surface area (Å²) in [7, 11) is 0. The van der Waals surface area contributed by atoms with E-state index >= 15 is 0 Å². The van der Waals surface area contributed by atoms with Crippen LogP contribution in [0.5, 0.6) is 0 Å². The molecule has 1 fully saturated rings. The van der Waals surface area contributed by atoms with Crippen molar-refractivity contribution in [2.24, 2.45) is 5.92 Å². The molecule has 1 saturated carbocycles. The molecule has 2 aromatic carbocycles. The van der Waals surface area contributed by atoms with Gasteiger partial charge in [-0.25, -0.2) is 4.79 Å². The molecule has 2 atom stereocenters. The highest BCUT2D eigenvalue weighted by molar-refractivity contribution is 5.87. The SMILES string of the molecule is CC[C@H](NC(=O)OCC1c2ccccc2-c2ccccc21)C(=O)NC(C)(CC(=O)O)C1CC1. The standard InChI is InChI=1S/C26H30N2O5/c1-3-22(24(31)28-26(2,14-23(29)30)16-12-13-16)27-25(32)33-15-21-19-10-6-4-8-17(19)18-9-5-7-11-20(18)21/h4-11,16,21-22H,3,12-15H2,1-2H3,(H,27,32)(H,28,31)(H,29,30)/t22-,26?/m0/s1. The van der Waals surface area contributed by atoms with Gasteiger partial charge in [-0.15, -0.1) is 0 Å². The van der Waals surface area contributed by atoms with Crippen molar-refractivity contribution in [3.63, 3.8) is 0 Å². The molecule has 3 N–H and O–H groups in total. The molecule has 2 amide bonds. The number of hydrogen-bond donors (Lipinski definition) is 3. The lowest BCUT2D eigenvalue weighted by Crippen LogP contribution is -2.56. The number of amides is 2. The Bertz CT molecular complexity index is 1020. The van der Waals surface area contributed by atoms with Crippen LogP contribution in [-0.2, 0) is 14.3 Å². The molecule has 33 heavy (non-hydrogen) atoms. The maximum atomic E-state index is 12.9. The topological polar surface area (TPSA) is 105 Å². The van der Waals surface area contributed by atoms with Crippen LogP contribution in [0.3, 0.4) is 0 Å². The van der Waals surface area contributed by atoms with Crippen LogP contribution < -0.4 is 10.6 Å². The number of fused-ring (bicyclic) bond motifs is 3. The lowest BCUT2D eigenvalue weighted by Gasteiger charge is -2.31.